The highest BCUT2D eigenvalue weighted by Gasteiger charge is 2.20. The third-order valence-corrected chi connectivity index (χ3v) is 7.78. The van der Waals surface area contributed by atoms with Gasteiger partial charge in [0.25, 0.3) is 0 Å². The highest BCUT2D eigenvalue weighted by molar-refractivity contribution is 8.01. The Morgan fingerprint density at radius 1 is 1.14 bits per heavy atom. The Hall–Kier alpha value is -3.01. The van der Waals surface area contributed by atoms with Crippen LogP contribution < -0.4 is 0 Å². The van der Waals surface area contributed by atoms with Gasteiger partial charge in [-0.3, -0.25) is 0 Å². The Balaban J connectivity index is 0.000000917. The van der Waals surface area contributed by atoms with Crippen molar-refractivity contribution >= 4 is 58.1 Å². The van der Waals surface area contributed by atoms with Gasteiger partial charge in [0.1, 0.15) is 0 Å². The molecule has 0 bridgehead atoms. The molecule has 0 radical (unpaired) electrons. The summed E-state index contributed by atoms with van der Waals surface area (Å²) in [6.07, 6.45) is 7.70. The van der Waals surface area contributed by atoms with Crippen LogP contribution in [0.4, 0.5) is 0 Å². The molecule has 0 atom stereocenters. The summed E-state index contributed by atoms with van der Waals surface area (Å²) < 4.78 is 4.70. The van der Waals surface area contributed by atoms with Crippen LogP contribution in [0.15, 0.2) is 53.3 Å². The maximum Gasteiger partial charge on any atom is 0.373 e. The number of aromatic nitrogens is 6. The molecule has 35 heavy (non-hydrogen) atoms. The average Bonchev–Trinajstić information content (AvgIpc) is 3.52. The van der Waals surface area contributed by atoms with E-state index in [0.717, 1.165) is 43.1 Å². The lowest BCUT2D eigenvalue weighted by Gasteiger charge is -2.05. The highest BCUT2D eigenvalue weighted by atomic mass is 35.5. The van der Waals surface area contributed by atoms with Crippen molar-refractivity contribution in [2.75, 3.05) is 0 Å². The molecule has 12 heteroatoms. The largest absolute Gasteiger partial charge is 0.373 e. The van der Waals surface area contributed by atoms with Crippen LogP contribution in [0.5, 0.6) is 0 Å². The van der Waals surface area contributed by atoms with Gasteiger partial charge < -0.3 is 0 Å². The van der Waals surface area contributed by atoms with E-state index in [1.165, 1.54) is 0 Å². The SMILES string of the molecule is Cc1nn(-c2nc(-c3ccc(Cl)c(Cl)c3)c(SC(C)C)s2)cc1-c1cnn2cccnc12.O=C=O. The summed E-state index contributed by atoms with van der Waals surface area (Å²) in [5.41, 5.74) is 5.41. The Bertz CT molecular complexity index is 1540. The zero-order valence-electron chi connectivity index (χ0n) is 18.8. The molecule has 0 saturated carbocycles. The summed E-state index contributed by atoms with van der Waals surface area (Å²) in [5, 5.41) is 11.4. The van der Waals surface area contributed by atoms with E-state index in [-0.39, 0.29) is 6.15 Å². The number of benzene rings is 1. The fourth-order valence-corrected chi connectivity index (χ4v) is 6.10. The standard InChI is InChI=1S/C22H18Cl2N6S2.CO2/c1-12(2)31-21-19(14-5-6-17(23)18(24)9-14)27-22(32-21)30-11-16(13(3)28-30)15-10-26-29-8-4-7-25-20(15)29;2-1-3/h4-12H,1-3H3;. The molecule has 0 aliphatic rings. The first-order chi connectivity index (χ1) is 16.8. The third-order valence-electron chi connectivity index (χ3n) is 4.78. The first-order valence-electron chi connectivity index (χ1n) is 10.3. The molecule has 5 aromatic rings. The third kappa shape index (κ3) is 5.32. The van der Waals surface area contributed by atoms with Crippen molar-refractivity contribution in [3.63, 3.8) is 0 Å². The van der Waals surface area contributed by atoms with E-state index >= 15 is 0 Å². The second-order valence-electron chi connectivity index (χ2n) is 7.53. The van der Waals surface area contributed by atoms with E-state index in [1.54, 1.807) is 39.9 Å². The number of aryl methyl sites for hydroxylation is 1. The van der Waals surface area contributed by atoms with Gasteiger partial charge in [0.05, 0.1) is 31.8 Å². The van der Waals surface area contributed by atoms with Crippen LogP contribution in [0.1, 0.15) is 19.5 Å². The monoisotopic (exact) mass is 544 g/mol. The average molecular weight is 545 g/mol. The van der Waals surface area contributed by atoms with Gasteiger partial charge in [-0.15, -0.1) is 11.8 Å². The fourth-order valence-electron chi connectivity index (χ4n) is 3.35. The number of hydrogen-bond donors (Lipinski definition) is 0. The van der Waals surface area contributed by atoms with E-state index in [9.17, 15) is 0 Å². The van der Waals surface area contributed by atoms with E-state index in [2.05, 4.69) is 23.9 Å². The van der Waals surface area contributed by atoms with Gasteiger partial charge in [0.15, 0.2) is 5.65 Å². The van der Waals surface area contributed by atoms with Crippen molar-refractivity contribution in [3.8, 4) is 27.5 Å². The number of thiazole rings is 1. The number of carbonyl (C=O) groups excluding carboxylic acids is 2. The van der Waals surface area contributed by atoms with Crippen molar-refractivity contribution in [3.05, 3.63) is 64.8 Å². The van der Waals surface area contributed by atoms with Crippen LogP contribution in [0, 0.1) is 6.92 Å². The molecule has 0 unspecified atom stereocenters. The van der Waals surface area contributed by atoms with E-state index in [0.29, 0.717) is 15.3 Å². The van der Waals surface area contributed by atoms with Crippen molar-refractivity contribution in [1.29, 1.82) is 0 Å². The Morgan fingerprint density at radius 3 is 2.63 bits per heavy atom. The summed E-state index contributed by atoms with van der Waals surface area (Å²) in [5.74, 6) is 0. The zero-order chi connectivity index (χ0) is 25.1. The lowest BCUT2D eigenvalue weighted by Crippen LogP contribution is -1.94. The number of thioether (sulfide) groups is 1. The summed E-state index contributed by atoms with van der Waals surface area (Å²) in [7, 11) is 0. The molecule has 0 aliphatic heterocycles. The molecule has 0 saturated heterocycles. The first-order valence-corrected chi connectivity index (χ1v) is 12.7. The molecule has 178 valence electrons. The van der Waals surface area contributed by atoms with E-state index in [1.807, 2.05) is 48.4 Å². The van der Waals surface area contributed by atoms with Crippen molar-refractivity contribution in [2.24, 2.45) is 0 Å². The maximum absolute atomic E-state index is 8.12. The van der Waals surface area contributed by atoms with Crippen LogP contribution in [0.25, 0.3) is 33.2 Å². The molecule has 0 amide bonds. The van der Waals surface area contributed by atoms with E-state index in [4.69, 9.17) is 42.9 Å². The van der Waals surface area contributed by atoms with Crippen LogP contribution in [0.2, 0.25) is 10.0 Å². The minimum atomic E-state index is 0.250. The number of halogens is 2. The van der Waals surface area contributed by atoms with Crippen LogP contribution in [-0.4, -0.2) is 40.8 Å². The number of fused-ring (bicyclic) bond motifs is 1. The van der Waals surface area contributed by atoms with Crippen LogP contribution in [-0.2, 0) is 9.59 Å². The number of nitrogens with zero attached hydrogens (tertiary/aromatic N) is 6. The maximum atomic E-state index is 8.12. The lowest BCUT2D eigenvalue weighted by atomic mass is 10.1. The molecule has 0 fully saturated rings. The Kier molecular flexibility index (Phi) is 7.69. The quantitative estimate of drug-likeness (QED) is 0.241. The van der Waals surface area contributed by atoms with Crippen LogP contribution in [0.3, 0.4) is 0 Å². The summed E-state index contributed by atoms with van der Waals surface area (Å²) in [6, 6.07) is 7.46. The molecular formula is C23H18Cl2N6O2S2. The molecule has 5 rings (SSSR count). The summed E-state index contributed by atoms with van der Waals surface area (Å²) in [6.45, 7) is 6.31. The van der Waals surface area contributed by atoms with Gasteiger partial charge in [-0.2, -0.15) is 19.8 Å². The van der Waals surface area contributed by atoms with Gasteiger partial charge in [-0.25, -0.2) is 19.2 Å². The van der Waals surface area contributed by atoms with Gasteiger partial charge in [-0.05, 0) is 25.1 Å². The van der Waals surface area contributed by atoms with Gasteiger partial charge in [0, 0.05) is 40.5 Å². The topological polar surface area (TPSA) is 95.0 Å². The summed E-state index contributed by atoms with van der Waals surface area (Å²) in [4.78, 5) is 25.7. The van der Waals surface area contributed by atoms with Gasteiger partial charge >= 0.3 is 6.15 Å². The van der Waals surface area contributed by atoms with Crippen molar-refractivity contribution < 1.29 is 9.59 Å². The molecule has 0 N–H and O–H groups in total. The predicted molar refractivity (Wildman–Crippen MR) is 137 cm³/mol. The van der Waals surface area contributed by atoms with E-state index < -0.39 is 0 Å². The Morgan fingerprint density at radius 2 is 1.91 bits per heavy atom. The van der Waals surface area contributed by atoms with Gasteiger partial charge in [-0.1, -0.05) is 54.5 Å². The van der Waals surface area contributed by atoms with Crippen molar-refractivity contribution in [1.82, 2.24) is 29.4 Å². The van der Waals surface area contributed by atoms with Gasteiger partial charge in [0.2, 0.25) is 5.13 Å². The molecule has 1 aromatic carbocycles. The number of rotatable bonds is 5. The van der Waals surface area contributed by atoms with Crippen molar-refractivity contribution in [2.45, 2.75) is 30.2 Å². The smallest absolute Gasteiger partial charge is 0.236 e. The summed E-state index contributed by atoms with van der Waals surface area (Å²) >= 11 is 15.8. The second kappa shape index (κ2) is 10.7. The molecule has 4 heterocycles. The minimum absolute atomic E-state index is 0.250. The minimum Gasteiger partial charge on any atom is -0.236 e. The van der Waals surface area contributed by atoms with Crippen LogP contribution >= 0.6 is 46.3 Å². The first kappa shape index (κ1) is 25.1. The molecule has 0 spiro atoms. The molecule has 4 aromatic heterocycles. The second-order valence-corrected chi connectivity index (χ2v) is 11.2. The zero-order valence-corrected chi connectivity index (χ0v) is 21.9. The lowest BCUT2D eigenvalue weighted by molar-refractivity contribution is -0.191. The Labute approximate surface area is 218 Å². The molecular weight excluding hydrogens is 527 g/mol. The predicted octanol–water partition coefficient (Wildman–Crippen LogP) is 6.24. The molecule has 8 nitrogen and oxygen atoms in total. The number of hydrogen-bond acceptors (Lipinski definition) is 8. The highest BCUT2D eigenvalue weighted by Crippen LogP contribution is 2.41. The fraction of sp³-hybridized carbons (Fsp3) is 0.174. The molecule has 0 aliphatic carbocycles. The normalized spacial score (nSPS) is 10.9.